The number of amides is 1. The minimum atomic E-state index is -0.837. The minimum absolute atomic E-state index is 0.0277. The van der Waals surface area contributed by atoms with E-state index in [1.54, 1.807) is 24.3 Å². The summed E-state index contributed by atoms with van der Waals surface area (Å²) >= 11 is 6.18. The number of halogens is 1. The molecule has 0 spiro atoms. The largest absolute Gasteiger partial charge is 0.503 e. The molecule has 3 aromatic carbocycles. The van der Waals surface area contributed by atoms with Gasteiger partial charge in [0.2, 0.25) is 5.78 Å². The Labute approximate surface area is 207 Å². The van der Waals surface area contributed by atoms with Gasteiger partial charge in [-0.1, -0.05) is 54.1 Å². The molecule has 0 saturated heterocycles. The van der Waals surface area contributed by atoms with E-state index in [-0.39, 0.29) is 11.3 Å². The van der Waals surface area contributed by atoms with Crippen molar-refractivity contribution in [3.05, 3.63) is 106 Å². The summed E-state index contributed by atoms with van der Waals surface area (Å²) in [5.41, 5.74) is 3.36. The monoisotopic (exact) mass is 487 g/mol. The van der Waals surface area contributed by atoms with E-state index >= 15 is 0 Å². The van der Waals surface area contributed by atoms with Gasteiger partial charge in [-0.15, -0.1) is 0 Å². The van der Waals surface area contributed by atoms with Gasteiger partial charge < -0.3 is 14.3 Å². The Bertz CT molecular complexity index is 1530. The zero-order chi connectivity index (χ0) is 24.9. The van der Waals surface area contributed by atoms with E-state index in [9.17, 15) is 14.7 Å². The quantitative estimate of drug-likeness (QED) is 0.325. The van der Waals surface area contributed by atoms with Crippen molar-refractivity contribution in [2.45, 2.75) is 19.9 Å². The maximum absolute atomic E-state index is 13.8. The molecule has 35 heavy (non-hydrogen) atoms. The van der Waals surface area contributed by atoms with Crippen LogP contribution in [0.25, 0.3) is 11.0 Å². The molecule has 0 bridgehead atoms. The highest BCUT2D eigenvalue weighted by Gasteiger charge is 2.46. The van der Waals surface area contributed by atoms with Crippen molar-refractivity contribution in [1.29, 1.82) is 0 Å². The fourth-order valence-corrected chi connectivity index (χ4v) is 4.81. The SMILES string of the molecule is COc1cc(Cl)cc2cc(C(=O)C3=C(O)C(=O)N(c4ccccc4C)C3c3ccccc3C)oc12. The number of Topliss-reactive ketones (excluding diaryl/α,β-unsaturated/α-hetero) is 1. The second kappa shape index (κ2) is 8.64. The van der Waals surface area contributed by atoms with Gasteiger partial charge in [-0.2, -0.15) is 0 Å². The molecule has 0 radical (unpaired) electrons. The molecule has 2 heterocycles. The molecule has 0 saturated carbocycles. The molecule has 176 valence electrons. The molecule has 0 fully saturated rings. The topological polar surface area (TPSA) is 80.0 Å². The van der Waals surface area contributed by atoms with E-state index in [4.69, 9.17) is 20.8 Å². The number of nitrogens with zero attached hydrogens (tertiary/aromatic N) is 1. The Morgan fingerprint density at radius 3 is 2.40 bits per heavy atom. The molecule has 4 aromatic rings. The summed E-state index contributed by atoms with van der Waals surface area (Å²) < 4.78 is 11.2. The third-order valence-corrected chi connectivity index (χ3v) is 6.52. The molecule has 7 heteroatoms. The number of hydrogen-bond acceptors (Lipinski definition) is 5. The van der Waals surface area contributed by atoms with Gasteiger partial charge in [-0.3, -0.25) is 14.5 Å². The van der Waals surface area contributed by atoms with Gasteiger partial charge in [0, 0.05) is 22.2 Å². The van der Waals surface area contributed by atoms with Gasteiger partial charge in [0.25, 0.3) is 5.91 Å². The second-order valence-electron chi connectivity index (χ2n) is 8.45. The van der Waals surface area contributed by atoms with Crippen molar-refractivity contribution in [3.8, 4) is 5.75 Å². The molecule has 0 aliphatic carbocycles. The van der Waals surface area contributed by atoms with E-state index in [1.165, 1.54) is 12.0 Å². The molecule has 1 aromatic heterocycles. The number of aliphatic hydroxyl groups excluding tert-OH is 1. The number of furan rings is 1. The number of benzene rings is 3. The zero-order valence-corrected chi connectivity index (χ0v) is 20.1. The lowest BCUT2D eigenvalue weighted by molar-refractivity contribution is -0.117. The normalized spacial score (nSPS) is 15.8. The number of methoxy groups -OCH3 is 1. The van der Waals surface area contributed by atoms with Crippen molar-refractivity contribution in [1.82, 2.24) is 0 Å². The van der Waals surface area contributed by atoms with Crippen LogP contribution in [0.4, 0.5) is 5.69 Å². The molecule has 1 aliphatic heterocycles. The molecule has 1 amide bonds. The molecule has 1 atom stereocenters. The lowest BCUT2D eigenvalue weighted by Gasteiger charge is -2.29. The summed E-state index contributed by atoms with van der Waals surface area (Å²) in [6.07, 6.45) is 0. The Kier molecular flexibility index (Phi) is 5.61. The summed E-state index contributed by atoms with van der Waals surface area (Å²) in [5.74, 6) is -1.48. The summed E-state index contributed by atoms with van der Waals surface area (Å²) in [6, 6.07) is 18.8. The first-order valence-corrected chi connectivity index (χ1v) is 11.4. The molecular formula is C28H22ClNO5. The Balaban J connectivity index is 1.70. The summed E-state index contributed by atoms with van der Waals surface area (Å²) in [5, 5.41) is 12.0. The van der Waals surface area contributed by atoms with Crippen LogP contribution in [0.15, 0.2) is 82.5 Å². The predicted octanol–water partition coefficient (Wildman–Crippen LogP) is 6.49. The Morgan fingerprint density at radius 2 is 1.71 bits per heavy atom. The van der Waals surface area contributed by atoms with Crippen LogP contribution in [0.5, 0.6) is 5.75 Å². The van der Waals surface area contributed by atoms with Gasteiger partial charge in [0.05, 0.1) is 18.7 Å². The van der Waals surface area contributed by atoms with Gasteiger partial charge in [-0.05, 0) is 48.7 Å². The fourth-order valence-electron chi connectivity index (χ4n) is 4.59. The number of ether oxygens (including phenoxy) is 1. The van der Waals surface area contributed by atoms with Crippen LogP contribution in [0, 0.1) is 13.8 Å². The number of aryl methyl sites for hydroxylation is 2. The average Bonchev–Trinajstić information content (AvgIpc) is 3.38. The van der Waals surface area contributed by atoms with E-state index in [0.29, 0.717) is 27.4 Å². The minimum Gasteiger partial charge on any atom is -0.503 e. The van der Waals surface area contributed by atoms with Gasteiger partial charge in [0.1, 0.15) is 0 Å². The summed E-state index contributed by atoms with van der Waals surface area (Å²) in [7, 11) is 1.48. The number of ketones is 1. The first-order valence-electron chi connectivity index (χ1n) is 11.0. The maximum atomic E-state index is 13.8. The third kappa shape index (κ3) is 3.67. The van der Waals surface area contributed by atoms with Crippen LogP contribution in [-0.2, 0) is 4.79 Å². The van der Waals surface area contributed by atoms with Crippen LogP contribution in [-0.4, -0.2) is 23.9 Å². The molecule has 5 rings (SSSR count). The lowest BCUT2D eigenvalue weighted by atomic mass is 9.91. The van der Waals surface area contributed by atoms with Crippen LogP contribution in [0.3, 0.4) is 0 Å². The highest BCUT2D eigenvalue weighted by atomic mass is 35.5. The van der Waals surface area contributed by atoms with Crippen LogP contribution >= 0.6 is 11.6 Å². The number of fused-ring (bicyclic) bond motifs is 1. The number of rotatable bonds is 5. The van der Waals surface area contributed by atoms with E-state index in [0.717, 1.165) is 16.7 Å². The van der Waals surface area contributed by atoms with Crippen molar-refractivity contribution in [2.75, 3.05) is 12.0 Å². The summed E-state index contributed by atoms with van der Waals surface area (Å²) in [4.78, 5) is 28.7. The van der Waals surface area contributed by atoms with Crippen LogP contribution < -0.4 is 9.64 Å². The number of aliphatic hydroxyl groups is 1. The predicted molar refractivity (Wildman–Crippen MR) is 134 cm³/mol. The summed E-state index contributed by atoms with van der Waals surface area (Å²) in [6.45, 7) is 3.78. The highest BCUT2D eigenvalue weighted by Crippen LogP contribution is 2.44. The first kappa shape index (κ1) is 22.7. The second-order valence-corrected chi connectivity index (χ2v) is 8.89. The van der Waals surface area contributed by atoms with E-state index in [2.05, 4.69) is 0 Å². The number of anilines is 1. The lowest BCUT2D eigenvalue weighted by Crippen LogP contribution is -2.32. The van der Waals surface area contributed by atoms with Gasteiger partial charge in [-0.25, -0.2) is 0 Å². The first-order chi connectivity index (χ1) is 16.8. The zero-order valence-electron chi connectivity index (χ0n) is 19.3. The Morgan fingerprint density at radius 1 is 1.03 bits per heavy atom. The molecular weight excluding hydrogens is 466 g/mol. The smallest absolute Gasteiger partial charge is 0.294 e. The van der Waals surface area contributed by atoms with Crippen LogP contribution in [0.1, 0.15) is 33.3 Å². The Hall–Kier alpha value is -4.03. The van der Waals surface area contributed by atoms with Crippen molar-refractivity contribution in [2.24, 2.45) is 0 Å². The molecule has 1 N–H and O–H groups in total. The fraction of sp³-hybridized carbons (Fsp3) is 0.143. The van der Waals surface area contributed by atoms with Crippen molar-refractivity contribution >= 4 is 39.9 Å². The highest BCUT2D eigenvalue weighted by molar-refractivity contribution is 6.31. The number of para-hydroxylation sites is 1. The molecule has 6 nitrogen and oxygen atoms in total. The number of carbonyl (C=O) groups is 2. The van der Waals surface area contributed by atoms with Crippen molar-refractivity contribution in [3.63, 3.8) is 0 Å². The molecule has 1 aliphatic rings. The number of hydrogen-bond donors (Lipinski definition) is 1. The standard InChI is InChI=1S/C28H22ClNO5/c1-15-8-4-6-10-19(15)24-23(26(32)28(33)30(24)20-11-7-5-9-16(20)2)25(31)21-13-17-12-18(29)14-22(34-3)27(17)35-21/h4-14,24,32H,1-3H3. The van der Waals surface area contributed by atoms with E-state index < -0.39 is 23.5 Å². The average molecular weight is 488 g/mol. The maximum Gasteiger partial charge on any atom is 0.294 e. The third-order valence-electron chi connectivity index (χ3n) is 6.30. The molecule has 1 unspecified atom stereocenters. The van der Waals surface area contributed by atoms with E-state index in [1.807, 2.05) is 56.3 Å². The van der Waals surface area contributed by atoms with Gasteiger partial charge in [0.15, 0.2) is 22.9 Å². The van der Waals surface area contributed by atoms with Crippen LogP contribution in [0.2, 0.25) is 5.02 Å². The number of carbonyl (C=O) groups excluding carboxylic acids is 2. The van der Waals surface area contributed by atoms with Gasteiger partial charge >= 0.3 is 0 Å². The van der Waals surface area contributed by atoms with Crippen molar-refractivity contribution < 1.29 is 23.8 Å².